The molecule has 0 unspecified atom stereocenters. The zero-order chi connectivity index (χ0) is 76.9. The van der Waals surface area contributed by atoms with Crippen molar-refractivity contribution < 1.29 is 37.9 Å². The largest absolute Gasteiger partial charge is 0.497 e. The molecular formula is C98H82N4O8S2. The molecule has 0 bridgehead atoms. The molecule has 15 rings (SSSR count). The predicted octanol–water partition coefficient (Wildman–Crippen LogP) is 26.8. The van der Waals surface area contributed by atoms with E-state index in [0.717, 1.165) is 178 Å². The Morgan fingerprint density at radius 1 is 0.188 bits per heavy atom. The van der Waals surface area contributed by atoms with Gasteiger partial charge in [0.2, 0.25) is 0 Å². The first-order valence-electron chi connectivity index (χ1n) is 36.6. The smallest absolute Gasteiger partial charge is 0.119 e. The minimum absolute atomic E-state index is 0.787. The third-order valence-electron chi connectivity index (χ3n) is 19.7. The van der Waals surface area contributed by atoms with Crippen LogP contribution in [0.25, 0.3) is 67.4 Å². The number of methoxy groups -OCH3 is 8. The molecule has 0 spiro atoms. The summed E-state index contributed by atoms with van der Waals surface area (Å²) in [5, 5.41) is 0. The van der Waals surface area contributed by atoms with E-state index in [0.29, 0.717) is 0 Å². The van der Waals surface area contributed by atoms with Crippen LogP contribution in [0.2, 0.25) is 0 Å². The quantitative estimate of drug-likeness (QED) is 0.0468. The van der Waals surface area contributed by atoms with E-state index in [4.69, 9.17) is 37.9 Å². The predicted molar refractivity (Wildman–Crippen MR) is 466 cm³/mol. The minimum Gasteiger partial charge on any atom is -0.497 e. The van der Waals surface area contributed by atoms with Gasteiger partial charge >= 0.3 is 0 Å². The Bertz CT molecular complexity index is 5120. The van der Waals surface area contributed by atoms with Gasteiger partial charge in [-0.05, 0) is 300 Å². The summed E-state index contributed by atoms with van der Waals surface area (Å²) in [6.45, 7) is 0. The highest BCUT2D eigenvalue weighted by Crippen LogP contribution is 2.47. The molecule has 14 heteroatoms. The average Bonchev–Trinajstić information content (AvgIpc) is 1.64. The molecule has 0 saturated carbocycles. The van der Waals surface area contributed by atoms with Gasteiger partial charge in [-0.1, -0.05) is 84.9 Å². The third kappa shape index (κ3) is 16.5. The Kier molecular flexibility index (Phi) is 22.6. The van der Waals surface area contributed by atoms with E-state index < -0.39 is 0 Å². The van der Waals surface area contributed by atoms with Crippen molar-refractivity contribution in [2.45, 2.75) is 0 Å². The summed E-state index contributed by atoms with van der Waals surface area (Å²) in [6.07, 6.45) is 8.95. The lowest BCUT2D eigenvalue weighted by molar-refractivity contribution is 0.414. The van der Waals surface area contributed by atoms with Crippen LogP contribution in [-0.2, 0) is 0 Å². The summed E-state index contributed by atoms with van der Waals surface area (Å²) in [5.41, 5.74) is 20.8. The number of ether oxygens (including phenoxy) is 8. The van der Waals surface area contributed by atoms with E-state index in [1.165, 1.54) is 0 Å². The molecule has 554 valence electrons. The second-order valence-electron chi connectivity index (χ2n) is 26.2. The Morgan fingerprint density at radius 3 is 0.518 bits per heavy atom. The van der Waals surface area contributed by atoms with Gasteiger partial charge in [0.25, 0.3) is 0 Å². The zero-order valence-electron chi connectivity index (χ0n) is 63.4. The number of benzene rings is 13. The van der Waals surface area contributed by atoms with Gasteiger partial charge in [0.15, 0.2) is 0 Å². The van der Waals surface area contributed by atoms with E-state index in [1.807, 2.05) is 97.1 Å². The summed E-state index contributed by atoms with van der Waals surface area (Å²) in [6, 6.07) is 114. The van der Waals surface area contributed by atoms with Gasteiger partial charge < -0.3 is 57.5 Å². The van der Waals surface area contributed by atoms with Gasteiger partial charge in [-0.15, -0.1) is 22.7 Å². The molecule has 0 amide bonds. The zero-order valence-corrected chi connectivity index (χ0v) is 65.0. The van der Waals surface area contributed by atoms with E-state index in [2.05, 4.69) is 274 Å². The van der Waals surface area contributed by atoms with Crippen LogP contribution in [0.1, 0.15) is 20.9 Å². The summed E-state index contributed by atoms with van der Waals surface area (Å²) < 4.78 is 44.6. The van der Waals surface area contributed by atoms with Gasteiger partial charge in [-0.25, -0.2) is 0 Å². The van der Waals surface area contributed by atoms with Crippen molar-refractivity contribution in [3.05, 3.63) is 348 Å². The maximum atomic E-state index is 5.58. The molecule has 2 heterocycles. The second-order valence-corrected chi connectivity index (χ2v) is 28.4. The second kappa shape index (κ2) is 34.3. The lowest BCUT2D eigenvalue weighted by atomic mass is 10.0. The summed E-state index contributed by atoms with van der Waals surface area (Å²) in [7, 11) is 13.5. The summed E-state index contributed by atoms with van der Waals surface area (Å²) >= 11 is 3.55. The van der Waals surface area contributed by atoms with Gasteiger partial charge in [-0.2, -0.15) is 0 Å². The van der Waals surface area contributed by atoms with Crippen molar-refractivity contribution in [1.82, 2.24) is 0 Å². The average molecular weight is 1510 g/mol. The van der Waals surface area contributed by atoms with Crippen LogP contribution in [0.5, 0.6) is 46.0 Å². The van der Waals surface area contributed by atoms with Crippen LogP contribution >= 0.6 is 22.7 Å². The van der Waals surface area contributed by atoms with Crippen LogP contribution in [0, 0.1) is 0 Å². The van der Waals surface area contributed by atoms with Crippen molar-refractivity contribution in [2.75, 3.05) is 76.5 Å². The number of anilines is 12. The van der Waals surface area contributed by atoms with Crippen molar-refractivity contribution in [3.63, 3.8) is 0 Å². The van der Waals surface area contributed by atoms with Crippen LogP contribution in [0.3, 0.4) is 0 Å². The maximum Gasteiger partial charge on any atom is 0.119 e. The summed E-state index contributed by atoms with van der Waals surface area (Å²) in [4.78, 5) is 13.5. The topological polar surface area (TPSA) is 86.8 Å². The first-order chi connectivity index (χ1) is 55.1. The first kappa shape index (κ1) is 73.8. The van der Waals surface area contributed by atoms with Crippen molar-refractivity contribution in [2.24, 2.45) is 0 Å². The van der Waals surface area contributed by atoms with Crippen LogP contribution < -0.4 is 57.5 Å². The first-order valence-corrected chi connectivity index (χ1v) is 38.2. The number of thiophene rings is 2. The lowest BCUT2D eigenvalue weighted by Crippen LogP contribution is -2.09. The Balaban J connectivity index is 0.763. The highest BCUT2D eigenvalue weighted by atomic mass is 32.1. The van der Waals surface area contributed by atoms with E-state index in [1.54, 1.807) is 79.6 Å². The molecule has 0 aliphatic rings. The SMILES string of the molecule is COc1ccc(N(c2ccc(OC)cc2)c2ccc(-c3cc(-c4ccc(N(c5ccc(OC)cc5)c5ccc(OC)cc5)cc4)c(/C=C/c4ccc(/C=C/c5sc(-c6ccc(N(c7ccc(OC)cc7)c7ccc(OC)cc7)cc6)cc5-c5ccc(N(c6ccc(OC)cc6)c6ccc(OC)cc6)cc5)cc4)s3)cc2)cc1. The molecule has 0 aliphatic heterocycles. The normalized spacial score (nSPS) is 11.1. The fourth-order valence-electron chi connectivity index (χ4n) is 13.6. The Labute approximate surface area is 662 Å². The fraction of sp³-hybridized carbons (Fsp3) is 0.0816. The van der Waals surface area contributed by atoms with E-state index in [-0.39, 0.29) is 0 Å². The molecule has 13 aromatic carbocycles. The number of hydrogen-bond donors (Lipinski definition) is 0. The number of hydrogen-bond acceptors (Lipinski definition) is 14. The number of rotatable bonds is 28. The van der Waals surface area contributed by atoms with Crippen LogP contribution in [0.4, 0.5) is 68.2 Å². The monoisotopic (exact) mass is 1510 g/mol. The molecule has 2 aromatic heterocycles. The molecule has 15 aromatic rings. The molecule has 0 fully saturated rings. The maximum absolute atomic E-state index is 5.58. The fourth-order valence-corrected chi connectivity index (χ4v) is 15.8. The van der Waals surface area contributed by atoms with Crippen LogP contribution in [-0.4, -0.2) is 56.9 Å². The van der Waals surface area contributed by atoms with Crippen molar-refractivity contribution >= 4 is 115 Å². The summed E-state index contributed by atoms with van der Waals surface area (Å²) in [5.74, 6) is 6.31. The van der Waals surface area contributed by atoms with Gasteiger partial charge in [-0.3, -0.25) is 0 Å². The van der Waals surface area contributed by atoms with E-state index in [9.17, 15) is 0 Å². The molecule has 0 aliphatic carbocycles. The van der Waals surface area contributed by atoms with Crippen molar-refractivity contribution in [1.29, 1.82) is 0 Å². The molecule has 0 N–H and O–H groups in total. The molecule has 0 saturated heterocycles. The van der Waals surface area contributed by atoms with E-state index >= 15 is 0 Å². The Morgan fingerprint density at radius 2 is 0.348 bits per heavy atom. The Hall–Kier alpha value is -13.7. The molecular weight excluding hydrogens is 1430 g/mol. The van der Waals surface area contributed by atoms with Crippen molar-refractivity contribution in [3.8, 4) is 89.1 Å². The molecule has 12 nitrogen and oxygen atoms in total. The van der Waals surface area contributed by atoms with Gasteiger partial charge in [0.05, 0.1) is 56.9 Å². The highest BCUT2D eigenvalue weighted by molar-refractivity contribution is 7.17. The number of nitrogens with zero attached hydrogens (tertiary/aromatic N) is 4. The lowest BCUT2D eigenvalue weighted by Gasteiger charge is -2.26. The standard InChI is InChI=1S/C98H82N4O8S2/c1-103-85-47-31-77(32-48-85)99(78-33-49-86(104-2)50-34-78)73-23-15-69(16-24-73)93-65-97(71-19-27-75(28-20-71)101(81-39-55-89(107-5)56-40-81)82-41-57-90(108-6)58-42-82)111-95(93)63-13-67-9-11-68(12-10-67)14-64-96-94(70-17-25-74(26-18-70)100(79-35-51-87(105-3)52-36-79)80-37-53-88(106-4)54-38-80)66-98(112-96)72-21-29-76(30-22-72)102(83-43-59-91(109-7)60-44-83)84-45-61-92(110-8)62-46-84/h9-66H,1-8H3/b63-13+,64-14+. The van der Waals surface area contributed by atoms with Gasteiger partial charge in [0.1, 0.15) is 46.0 Å². The molecule has 0 radical (unpaired) electrons. The highest BCUT2D eigenvalue weighted by Gasteiger charge is 2.22. The van der Waals surface area contributed by atoms with Crippen LogP contribution in [0.15, 0.2) is 328 Å². The van der Waals surface area contributed by atoms with Gasteiger partial charge in [0, 0.05) is 98.9 Å². The molecule has 0 atom stereocenters. The molecule has 112 heavy (non-hydrogen) atoms. The third-order valence-corrected chi connectivity index (χ3v) is 21.9. The minimum atomic E-state index is 0.787.